The van der Waals surface area contributed by atoms with Crippen LogP contribution in [0.2, 0.25) is 0 Å². The number of carbonyl (C=O) groups is 3. The highest BCUT2D eigenvalue weighted by Crippen LogP contribution is 2.19. The van der Waals surface area contributed by atoms with Crippen LogP contribution in [0.5, 0.6) is 0 Å². The fraction of sp³-hybridized carbons (Fsp3) is 0.471. The van der Waals surface area contributed by atoms with Gasteiger partial charge in [0, 0.05) is 32.0 Å². The fourth-order valence-electron chi connectivity index (χ4n) is 2.69. The van der Waals surface area contributed by atoms with Gasteiger partial charge in [0.1, 0.15) is 0 Å². The van der Waals surface area contributed by atoms with E-state index in [0.29, 0.717) is 25.1 Å². The van der Waals surface area contributed by atoms with Crippen molar-refractivity contribution in [2.24, 2.45) is 5.92 Å². The molecule has 1 fully saturated rings. The van der Waals surface area contributed by atoms with Crippen LogP contribution in [-0.2, 0) is 14.4 Å². The smallest absolute Gasteiger partial charge is 0.221 e. The second-order valence-corrected chi connectivity index (χ2v) is 6.01. The monoisotopic (exact) mass is 317 g/mol. The zero-order valence-corrected chi connectivity index (χ0v) is 13.5. The summed E-state index contributed by atoms with van der Waals surface area (Å²) in [6, 6.07) is 7.28. The minimum Gasteiger partial charge on any atom is -0.356 e. The number of rotatable bonds is 5. The first-order valence-corrected chi connectivity index (χ1v) is 7.87. The van der Waals surface area contributed by atoms with Crippen LogP contribution in [0.25, 0.3) is 0 Å². The highest BCUT2D eigenvalue weighted by Gasteiger charge is 2.21. The van der Waals surface area contributed by atoms with Crippen LogP contribution < -0.4 is 16.0 Å². The summed E-state index contributed by atoms with van der Waals surface area (Å²) in [4.78, 5) is 34.4. The van der Waals surface area contributed by atoms with Gasteiger partial charge in [-0.25, -0.2) is 0 Å². The zero-order valence-electron chi connectivity index (χ0n) is 13.5. The quantitative estimate of drug-likeness (QED) is 0.773. The summed E-state index contributed by atoms with van der Waals surface area (Å²) in [6.45, 7) is 3.94. The van der Waals surface area contributed by atoms with Crippen molar-refractivity contribution in [1.82, 2.24) is 10.6 Å². The zero-order chi connectivity index (χ0) is 16.8. The highest BCUT2D eigenvalue weighted by molar-refractivity contribution is 5.88. The summed E-state index contributed by atoms with van der Waals surface area (Å²) in [5, 5.41) is 8.49. The second-order valence-electron chi connectivity index (χ2n) is 6.01. The Bertz CT molecular complexity index is 591. The van der Waals surface area contributed by atoms with Crippen LogP contribution in [0, 0.1) is 5.92 Å². The topological polar surface area (TPSA) is 87.3 Å². The van der Waals surface area contributed by atoms with Crippen molar-refractivity contribution in [2.75, 3.05) is 11.9 Å². The molecule has 23 heavy (non-hydrogen) atoms. The maximum Gasteiger partial charge on any atom is 0.221 e. The standard InChI is InChI=1S/C17H23N3O3/c1-11(14-4-3-5-15(9-14)20-12(2)21)19-17(23)8-13-6-7-16(22)18-10-13/h3-5,9,11,13H,6-8,10H2,1-2H3,(H,18,22)(H,19,23)(H,20,21). The molecule has 3 N–H and O–H groups in total. The lowest BCUT2D eigenvalue weighted by Crippen LogP contribution is -2.38. The predicted molar refractivity (Wildman–Crippen MR) is 87.7 cm³/mol. The van der Waals surface area contributed by atoms with Gasteiger partial charge in [0.25, 0.3) is 0 Å². The number of hydrogen-bond donors (Lipinski definition) is 3. The average molecular weight is 317 g/mol. The van der Waals surface area contributed by atoms with Crippen molar-refractivity contribution in [3.8, 4) is 0 Å². The SMILES string of the molecule is CC(=O)Nc1cccc(C(C)NC(=O)CC2CCC(=O)NC2)c1. The van der Waals surface area contributed by atoms with Crippen molar-refractivity contribution in [2.45, 2.75) is 39.2 Å². The van der Waals surface area contributed by atoms with Gasteiger partial charge in [-0.1, -0.05) is 12.1 Å². The third kappa shape index (κ3) is 5.39. The van der Waals surface area contributed by atoms with Gasteiger partial charge in [-0.15, -0.1) is 0 Å². The molecular formula is C17H23N3O3. The van der Waals surface area contributed by atoms with Crippen molar-refractivity contribution >= 4 is 23.4 Å². The van der Waals surface area contributed by atoms with Crippen molar-refractivity contribution in [3.63, 3.8) is 0 Å². The van der Waals surface area contributed by atoms with E-state index in [0.717, 1.165) is 12.0 Å². The van der Waals surface area contributed by atoms with Crippen LogP contribution >= 0.6 is 0 Å². The lowest BCUT2D eigenvalue weighted by atomic mass is 9.95. The van der Waals surface area contributed by atoms with Gasteiger partial charge in [0.15, 0.2) is 0 Å². The molecule has 0 aliphatic carbocycles. The van der Waals surface area contributed by atoms with Crippen LogP contribution in [0.1, 0.15) is 44.7 Å². The lowest BCUT2D eigenvalue weighted by Gasteiger charge is -2.23. The number of anilines is 1. The van der Waals surface area contributed by atoms with E-state index < -0.39 is 0 Å². The average Bonchev–Trinajstić information content (AvgIpc) is 2.49. The van der Waals surface area contributed by atoms with E-state index in [4.69, 9.17) is 0 Å². The molecule has 6 nitrogen and oxygen atoms in total. The van der Waals surface area contributed by atoms with Gasteiger partial charge in [-0.05, 0) is 37.0 Å². The van der Waals surface area contributed by atoms with Gasteiger partial charge < -0.3 is 16.0 Å². The maximum atomic E-state index is 12.1. The van der Waals surface area contributed by atoms with E-state index in [-0.39, 0.29) is 29.7 Å². The summed E-state index contributed by atoms with van der Waals surface area (Å²) < 4.78 is 0. The maximum absolute atomic E-state index is 12.1. The lowest BCUT2D eigenvalue weighted by molar-refractivity contribution is -0.126. The Hall–Kier alpha value is -2.37. The largest absolute Gasteiger partial charge is 0.356 e. The molecule has 1 aromatic carbocycles. The van der Waals surface area contributed by atoms with Gasteiger partial charge in [-0.3, -0.25) is 14.4 Å². The fourth-order valence-corrected chi connectivity index (χ4v) is 2.69. The van der Waals surface area contributed by atoms with E-state index in [9.17, 15) is 14.4 Å². The molecule has 1 heterocycles. The molecule has 1 aliphatic heterocycles. The van der Waals surface area contributed by atoms with Crippen molar-refractivity contribution in [1.29, 1.82) is 0 Å². The molecule has 1 saturated heterocycles. The van der Waals surface area contributed by atoms with Gasteiger partial charge in [0.05, 0.1) is 6.04 Å². The first-order chi connectivity index (χ1) is 10.9. The van der Waals surface area contributed by atoms with E-state index >= 15 is 0 Å². The van der Waals surface area contributed by atoms with Crippen LogP contribution in [-0.4, -0.2) is 24.3 Å². The van der Waals surface area contributed by atoms with E-state index in [2.05, 4.69) is 16.0 Å². The summed E-state index contributed by atoms with van der Waals surface area (Å²) in [6.07, 6.45) is 1.66. The van der Waals surface area contributed by atoms with Crippen LogP contribution in [0.4, 0.5) is 5.69 Å². The first kappa shape index (κ1) is 17.0. The molecule has 0 radical (unpaired) electrons. The summed E-state index contributed by atoms with van der Waals surface area (Å²) in [5.41, 5.74) is 1.65. The minimum absolute atomic E-state index is 0.0245. The number of amides is 3. The van der Waals surface area contributed by atoms with Crippen molar-refractivity contribution in [3.05, 3.63) is 29.8 Å². The third-order valence-electron chi connectivity index (χ3n) is 3.93. The van der Waals surface area contributed by atoms with Gasteiger partial charge in [-0.2, -0.15) is 0 Å². The normalized spacial score (nSPS) is 18.7. The Balaban J connectivity index is 1.88. The number of piperidine rings is 1. The van der Waals surface area contributed by atoms with Gasteiger partial charge in [0.2, 0.25) is 17.7 Å². The summed E-state index contributed by atoms with van der Waals surface area (Å²) in [5.74, 6) is 0.109. The van der Waals surface area contributed by atoms with Crippen LogP contribution in [0.3, 0.4) is 0 Å². The Morgan fingerprint density at radius 2 is 2.17 bits per heavy atom. The Kier molecular flexibility index (Phi) is 5.73. The molecule has 2 unspecified atom stereocenters. The minimum atomic E-state index is -0.144. The number of hydrogen-bond acceptors (Lipinski definition) is 3. The highest BCUT2D eigenvalue weighted by atomic mass is 16.2. The first-order valence-electron chi connectivity index (χ1n) is 7.87. The Labute approximate surface area is 136 Å². The number of benzene rings is 1. The molecule has 0 aromatic heterocycles. The molecule has 1 aliphatic rings. The second kappa shape index (κ2) is 7.76. The molecule has 124 valence electrons. The molecule has 1 aromatic rings. The van der Waals surface area contributed by atoms with E-state index in [1.165, 1.54) is 6.92 Å². The number of nitrogens with one attached hydrogen (secondary N) is 3. The van der Waals surface area contributed by atoms with Gasteiger partial charge >= 0.3 is 0 Å². The summed E-state index contributed by atoms with van der Waals surface area (Å²) >= 11 is 0. The molecule has 2 rings (SSSR count). The third-order valence-corrected chi connectivity index (χ3v) is 3.93. The number of carbonyl (C=O) groups excluding carboxylic acids is 3. The van der Waals surface area contributed by atoms with E-state index in [1.807, 2.05) is 31.2 Å². The Morgan fingerprint density at radius 1 is 1.39 bits per heavy atom. The Morgan fingerprint density at radius 3 is 2.83 bits per heavy atom. The van der Waals surface area contributed by atoms with Crippen molar-refractivity contribution < 1.29 is 14.4 Å². The molecule has 3 amide bonds. The van der Waals surface area contributed by atoms with E-state index in [1.54, 1.807) is 0 Å². The summed E-state index contributed by atoms with van der Waals surface area (Å²) in [7, 11) is 0. The molecule has 0 saturated carbocycles. The molecule has 0 bridgehead atoms. The molecule has 2 atom stereocenters. The molecular weight excluding hydrogens is 294 g/mol. The molecule has 0 spiro atoms. The predicted octanol–water partition coefficient (Wildman–Crippen LogP) is 1.74. The van der Waals surface area contributed by atoms with Crippen LogP contribution in [0.15, 0.2) is 24.3 Å². The molecule has 6 heteroatoms.